The van der Waals surface area contributed by atoms with Crippen molar-refractivity contribution in [2.75, 3.05) is 11.9 Å². The van der Waals surface area contributed by atoms with E-state index >= 15 is 0 Å². The number of carbonyl (C=O) groups excluding carboxylic acids is 2. The van der Waals surface area contributed by atoms with Crippen molar-refractivity contribution in [3.63, 3.8) is 0 Å². The molecule has 2 rings (SSSR count). The summed E-state index contributed by atoms with van der Waals surface area (Å²) < 4.78 is 0.722. The van der Waals surface area contributed by atoms with Crippen LogP contribution in [0.15, 0.2) is 49.1 Å². The van der Waals surface area contributed by atoms with E-state index in [-0.39, 0.29) is 11.9 Å². The lowest BCUT2D eigenvalue weighted by atomic mass is 10.2. The Kier molecular flexibility index (Phi) is 6.75. The molecule has 7 heteroatoms. The zero-order chi connectivity index (χ0) is 18.4. The average molecular weight is 378 g/mol. The van der Waals surface area contributed by atoms with E-state index < -0.39 is 5.91 Å². The number of hydrogen-bond acceptors (Lipinski definition) is 4. The highest BCUT2D eigenvalue weighted by Crippen LogP contribution is 2.23. The molecule has 0 aliphatic heterocycles. The minimum absolute atomic E-state index is 0.142. The fourth-order valence-electron chi connectivity index (χ4n) is 2.29. The second kappa shape index (κ2) is 8.80. The van der Waals surface area contributed by atoms with Crippen LogP contribution < -0.4 is 11.1 Å². The van der Waals surface area contributed by atoms with Crippen LogP contribution in [0.25, 0.3) is 0 Å². The summed E-state index contributed by atoms with van der Waals surface area (Å²) >= 11 is 7.47. The second-order valence-corrected chi connectivity index (χ2v) is 7.33. The standard InChI is InChI=1S/C18H20ClN3O2S/c1-3-10-22(11-15-8-9-16(19)25-15)12(2)18(24)21-14-6-4-13(5-7-14)17(20)23/h3-9,12H,1,10-11H2,2H3,(H2,20,23)(H,21,24)/t12-/m0/s1. The summed E-state index contributed by atoms with van der Waals surface area (Å²) in [7, 11) is 0. The molecule has 2 aromatic rings. The van der Waals surface area contributed by atoms with Crippen molar-refractivity contribution >= 4 is 40.4 Å². The van der Waals surface area contributed by atoms with Crippen molar-refractivity contribution in [2.24, 2.45) is 5.73 Å². The molecule has 0 aliphatic rings. The molecule has 1 atom stereocenters. The maximum absolute atomic E-state index is 12.5. The highest BCUT2D eigenvalue weighted by Gasteiger charge is 2.21. The van der Waals surface area contributed by atoms with Gasteiger partial charge < -0.3 is 11.1 Å². The van der Waals surface area contributed by atoms with Gasteiger partial charge in [0.2, 0.25) is 11.8 Å². The van der Waals surface area contributed by atoms with Gasteiger partial charge in [0.25, 0.3) is 0 Å². The number of hydrogen-bond donors (Lipinski definition) is 2. The van der Waals surface area contributed by atoms with E-state index in [1.165, 1.54) is 11.3 Å². The van der Waals surface area contributed by atoms with E-state index in [1.54, 1.807) is 30.3 Å². The molecule has 0 saturated carbocycles. The number of nitrogens with two attached hydrogens (primary N) is 1. The number of amides is 2. The van der Waals surface area contributed by atoms with Gasteiger partial charge in [-0.05, 0) is 43.3 Å². The Balaban J connectivity index is 2.04. The highest BCUT2D eigenvalue weighted by molar-refractivity contribution is 7.16. The first kappa shape index (κ1) is 19.2. The molecule has 0 spiro atoms. The number of nitrogens with one attached hydrogen (secondary N) is 1. The third-order valence-electron chi connectivity index (χ3n) is 3.72. The van der Waals surface area contributed by atoms with Crippen LogP contribution in [0.2, 0.25) is 4.34 Å². The fraction of sp³-hybridized carbons (Fsp3) is 0.222. The zero-order valence-corrected chi connectivity index (χ0v) is 15.4. The summed E-state index contributed by atoms with van der Waals surface area (Å²) in [6, 6.07) is 9.91. The molecule has 0 saturated heterocycles. The first-order valence-corrected chi connectivity index (χ1v) is 8.90. The smallest absolute Gasteiger partial charge is 0.248 e. The molecule has 132 valence electrons. The number of nitrogens with zero attached hydrogens (tertiary/aromatic N) is 1. The van der Waals surface area contributed by atoms with Crippen molar-refractivity contribution < 1.29 is 9.59 Å². The van der Waals surface area contributed by atoms with Gasteiger partial charge in [0.15, 0.2) is 0 Å². The molecular formula is C18H20ClN3O2S. The maximum atomic E-state index is 12.5. The van der Waals surface area contributed by atoms with E-state index in [9.17, 15) is 9.59 Å². The largest absolute Gasteiger partial charge is 0.366 e. The predicted octanol–water partition coefficient (Wildman–Crippen LogP) is 3.52. The zero-order valence-electron chi connectivity index (χ0n) is 13.9. The molecule has 0 bridgehead atoms. The molecule has 2 amide bonds. The Morgan fingerprint density at radius 1 is 1.32 bits per heavy atom. The Labute approximate surface area is 156 Å². The van der Waals surface area contributed by atoms with Gasteiger partial charge in [0, 0.05) is 29.2 Å². The molecule has 1 heterocycles. The molecule has 1 aromatic heterocycles. The summed E-state index contributed by atoms with van der Waals surface area (Å²) in [4.78, 5) is 26.7. The Bertz CT molecular complexity index is 758. The summed E-state index contributed by atoms with van der Waals surface area (Å²) in [5.41, 5.74) is 6.22. The van der Waals surface area contributed by atoms with Crippen LogP contribution in [0.3, 0.4) is 0 Å². The van der Waals surface area contributed by atoms with Gasteiger partial charge in [-0.15, -0.1) is 17.9 Å². The van der Waals surface area contributed by atoms with Gasteiger partial charge >= 0.3 is 0 Å². The van der Waals surface area contributed by atoms with E-state index in [0.717, 1.165) is 9.21 Å². The average Bonchev–Trinajstić information content (AvgIpc) is 2.99. The van der Waals surface area contributed by atoms with Gasteiger partial charge in [-0.2, -0.15) is 0 Å². The van der Waals surface area contributed by atoms with Crippen molar-refractivity contribution in [3.05, 3.63) is 63.8 Å². The lowest BCUT2D eigenvalue weighted by Gasteiger charge is -2.26. The second-order valence-electron chi connectivity index (χ2n) is 5.53. The number of anilines is 1. The van der Waals surface area contributed by atoms with Gasteiger partial charge in [-0.25, -0.2) is 0 Å². The number of rotatable bonds is 8. The van der Waals surface area contributed by atoms with Crippen LogP contribution in [-0.4, -0.2) is 29.3 Å². The van der Waals surface area contributed by atoms with Crippen LogP contribution in [0.4, 0.5) is 5.69 Å². The summed E-state index contributed by atoms with van der Waals surface area (Å²) in [5.74, 6) is -0.644. The lowest BCUT2D eigenvalue weighted by molar-refractivity contribution is -0.120. The molecule has 0 unspecified atom stereocenters. The fourth-order valence-corrected chi connectivity index (χ4v) is 3.41. The first-order chi connectivity index (χ1) is 11.9. The highest BCUT2D eigenvalue weighted by atomic mass is 35.5. The number of halogens is 1. The number of benzene rings is 1. The third kappa shape index (κ3) is 5.42. The van der Waals surface area contributed by atoms with Crippen molar-refractivity contribution in [3.8, 4) is 0 Å². The number of carbonyl (C=O) groups is 2. The van der Waals surface area contributed by atoms with E-state index in [1.807, 2.05) is 24.0 Å². The Morgan fingerprint density at radius 2 is 2.00 bits per heavy atom. The molecule has 1 aromatic carbocycles. The minimum atomic E-state index is -0.502. The molecule has 0 aliphatic carbocycles. The van der Waals surface area contributed by atoms with Crippen LogP contribution in [0.1, 0.15) is 22.2 Å². The number of thiophene rings is 1. The van der Waals surface area contributed by atoms with E-state index in [0.29, 0.717) is 24.3 Å². The van der Waals surface area contributed by atoms with Crippen LogP contribution >= 0.6 is 22.9 Å². The summed E-state index contributed by atoms with van der Waals surface area (Å²) in [5, 5.41) is 2.85. The van der Waals surface area contributed by atoms with Crippen LogP contribution in [0.5, 0.6) is 0 Å². The van der Waals surface area contributed by atoms with Gasteiger partial charge in [-0.1, -0.05) is 17.7 Å². The summed E-state index contributed by atoms with van der Waals surface area (Å²) in [6.45, 7) is 6.78. The Hall–Kier alpha value is -2.15. The van der Waals surface area contributed by atoms with Gasteiger partial charge in [-0.3, -0.25) is 14.5 Å². The van der Waals surface area contributed by atoms with Crippen LogP contribution in [0, 0.1) is 0 Å². The van der Waals surface area contributed by atoms with Gasteiger partial charge in [0.05, 0.1) is 10.4 Å². The van der Waals surface area contributed by atoms with Crippen LogP contribution in [-0.2, 0) is 11.3 Å². The topological polar surface area (TPSA) is 75.4 Å². The first-order valence-electron chi connectivity index (χ1n) is 7.70. The molecule has 0 fully saturated rings. The van der Waals surface area contributed by atoms with Crippen molar-refractivity contribution in [2.45, 2.75) is 19.5 Å². The predicted molar refractivity (Wildman–Crippen MR) is 103 cm³/mol. The lowest BCUT2D eigenvalue weighted by Crippen LogP contribution is -2.41. The third-order valence-corrected chi connectivity index (χ3v) is 4.93. The maximum Gasteiger partial charge on any atom is 0.248 e. The normalized spacial score (nSPS) is 12.0. The van der Waals surface area contributed by atoms with E-state index in [2.05, 4.69) is 11.9 Å². The molecular weight excluding hydrogens is 358 g/mol. The summed E-state index contributed by atoms with van der Waals surface area (Å²) in [6.07, 6.45) is 1.76. The molecule has 3 N–H and O–H groups in total. The molecule has 5 nitrogen and oxygen atoms in total. The number of primary amides is 1. The monoisotopic (exact) mass is 377 g/mol. The van der Waals surface area contributed by atoms with E-state index in [4.69, 9.17) is 17.3 Å². The minimum Gasteiger partial charge on any atom is -0.366 e. The van der Waals surface area contributed by atoms with Gasteiger partial charge in [0.1, 0.15) is 0 Å². The molecule has 0 radical (unpaired) electrons. The molecule has 25 heavy (non-hydrogen) atoms. The van der Waals surface area contributed by atoms with Crippen molar-refractivity contribution in [1.82, 2.24) is 4.90 Å². The SMILES string of the molecule is C=CCN(Cc1ccc(Cl)s1)[C@@H](C)C(=O)Nc1ccc(C(N)=O)cc1. The van der Waals surface area contributed by atoms with Crippen molar-refractivity contribution in [1.29, 1.82) is 0 Å². The Morgan fingerprint density at radius 3 is 2.52 bits per heavy atom. The quantitative estimate of drug-likeness (QED) is 0.691.